The number of imidazole rings is 1. The van der Waals surface area contributed by atoms with Crippen LogP contribution in [0.5, 0.6) is 0 Å². The minimum atomic E-state index is -0.598. The van der Waals surface area contributed by atoms with Crippen molar-refractivity contribution >= 4 is 17.2 Å². The molecule has 0 aliphatic rings. The quantitative estimate of drug-likeness (QED) is 0.795. The zero-order valence-corrected chi connectivity index (χ0v) is 12.8. The molecule has 3 nitrogen and oxygen atoms in total. The molecule has 0 saturated carbocycles. The third kappa shape index (κ3) is 2.80. The van der Waals surface area contributed by atoms with Crippen LogP contribution in [0.2, 0.25) is 5.02 Å². The Morgan fingerprint density at radius 3 is 2.57 bits per heavy atom. The number of aryl methyl sites for hydroxylation is 1. The van der Waals surface area contributed by atoms with Crippen LogP contribution >= 0.6 is 11.6 Å². The van der Waals surface area contributed by atoms with Gasteiger partial charge >= 0.3 is 0 Å². The van der Waals surface area contributed by atoms with Gasteiger partial charge in [-0.05, 0) is 31.5 Å². The normalized spacial score (nSPS) is 12.8. The van der Waals surface area contributed by atoms with Gasteiger partial charge < -0.3 is 5.11 Å². The third-order valence-corrected chi connectivity index (χ3v) is 3.81. The van der Waals surface area contributed by atoms with E-state index in [0.29, 0.717) is 11.4 Å². The van der Waals surface area contributed by atoms with Crippen LogP contribution in [0.1, 0.15) is 35.5 Å². The molecule has 21 heavy (non-hydrogen) atoms. The second-order valence-corrected chi connectivity index (χ2v) is 5.79. The lowest BCUT2D eigenvalue weighted by Crippen LogP contribution is -2.02. The summed E-state index contributed by atoms with van der Waals surface area (Å²) in [7, 11) is 0. The topological polar surface area (TPSA) is 37.5 Å². The zero-order chi connectivity index (χ0) is 15.0. The standard InChI is InChI=1S/C17H17ClN2O/c1-11-3-5-13(6-4-11)9-15-17(12(2)21)20-10-14(18)7-8-16(20)19-15/h3-8,10,12,21H,9H2,1-2H3. The Labute approximate surface area is 128 Å². The van der Waals surface area contributed by atoms with Gasteiger partial charge in [-0.15, -0.1) is 0 Å². The van der Waals surface area contributed by atoms with Crippen molar-refractivity contribution in [3.63, 3.8) is 0 Å². The molecule has 1 atom stereocenters. The van der Waals surface area contributed by atoms with Gasteiger partial charge in [0.25, 0.3) is 0 Å². The van der Waals surface area contributed by atoms with Gasteiger partial charge in [0.1, 0.15) is 5.65 Å². The van der Waals surface area contributed by atoms with Crippen LogP contribution in [0.15, 0.2) is 42.6 Å². The molecule has 3 aromatic rings. The number of aliphatic hydroxyl groups excluding tert-OH is 1. The predicted molar refractivity (Wildman–Crippen MR) is 84.8 cm³/mol. The summed E-state index contributed by atoms with van der Waals surface area (Å²) in [5.41, 5.74) is 4.90. The molecular formula is C17H17ClN2O. The number of hydrogen-bond acceptors (Lipinski definition) is 2. The van der Waals surface area contributed by atoms with Gasteiger partial charge in [0.15, 0.2) is 0 Å². The first-order chi connectivity index (χ1) is 10.0. The van der Waals surface area contributed by atoms with Crippen LogP contribution in [0, 0.1) is 6.92 Å². The van der Waals surface area contributed by atoms with Crippen molar-refractivity contribution in [3.05, 3.63) is 70.1 Å². The first kappa shape index (κ1) is 14.1. The van der Waals surface area contributed by atoms with Crippen molar-refractivity contribution in [1.29, 1.82) is 0 Å². The molecule has 4 heteroatoms. The Morgan fingerprint density at radius 1 is 1.19 bits per heavy atom. The van der Waals surface area contributed by atoms with Crippen LogP contribution in [0.4, 0.5) is 0 Å². The molecule has 1 N–H and O–H groups in total. The van der Waals surface area contributed by atoms with E-state index < -0.39 is 6.10 Å². The second-order valence-electron chi connectivity index (χ2n) is 5.36. The average molecular weight is 301 g/mol. The van der Waals surface area contributed by atoms with Gasteiger partial charge in [0.2, 0.25) is 0 Å². The third-order valence-electron chi connectivity index (χ3n) is 3.58. The lowest BCUT2D eigenvalue weighted by atomic mass is 10.1. The van der Waals surface area contributed by atoms with Crippen molar-refractivity contribution in [2.45, 2.75) is 26.4 Å². The summed E-state index contributed by atoms with van der Waals surface area (Å²) in [6, 6.07) is 12.0. The van der Waals surface area contributed by atoms with Crippen molar-refractivity contribution in [2.24, 2.45) is 0 Å². The highest BCUT2D eigenvalue weighted by molar-refractivity contribution is 6.30. The van der Waals surface area contributed by atoms with E-state index >= 15 is 0 Å². The first-order valence-electron chi connectivity index (χ1n) is 6.94. The number of nitrogens with zero attached hydrogens (tertiary/aromatic N) is 2. The minimum absolute atomic E-state index is 0.598. The number of benzene rings is 1. The molecule has 0 saturated heterocycles. The van der Waals surface area contributed by atoms with E-state index in [0.717, 1.165) is 17.0 Å². The Kier molecular flexibility index (Phi) is 3.70. The summed E-state index contributed by atoms with van der Waals surface area (Å²) in [6.45, 7) is 3.82. The Morgan fingerprint density at radius 2 is 1.90 bits per heavy atom. The highest BCUT2D eigenvalue weighted by Crippen LogP contribution is 2.24. The van der Waals surface area contributed by atoms with Crippen LogP contribution in [-0.4, -0.2) is 14.5 Å². The fourth-order valence-corrected chi connectivity index (χ4v) is 2.72. The van der Waals surface area contributed by atoms with Crippen LogP contribution < -0.4 is 0 Å². The van der Waals surface area contributed by atoms with Gasteiger partial charge in [-0.1, -0.05) is 41.4 Å². The molecule has 0 bridgehead atoms. The molecule has 0 fully saturated rings. The molecule has 0 radical (unpaired) electrons. The average Bonchev–Trinajstić information content (AvgIpc) is 2.78. The number of halogens is 1. The van der Waals surface area contributed by atoms with Crippen molar-refractivity contribution in [1.82, 2.24) is 9.38 Å². The fraction of sp³-hybridized carbons (Fsp3) is 0.235. The maximum absolute atomic E-state index is 10.1. The SMILES string of the molecule is Cc1ccc(Cc2nc3ccc(Cl)cn3c2C(C)O)cc1. The number of rotatable bonds is 3. The summed E-state index contributed by atoms with van der Waals surface area (Å²) >= 11 is 6.05. The molecule has 1 aromatic carbocycles. The second kappa shape index (κ2) is 5.51. The molecule has 2 heterocycles. The van der Waals surface area contributed by atoms with E-state index in [1.807, 2.05) is 16.5 Å². The predicted octanol–water partition coefficient (Wildman–Crippen LogP) is 3.94. The summed E-state index contributed by atoms with van der Waals surface area (Å²) in [6.07, 6.45) is 1.89. The summed E-state index contributed by atoms with van der Waals surface area (Å²) in [5, 5.41) is 10.7. The Hall–Kier alpha value is -1.84. The van der Waals surface area contributed by atoms with E-state index in [-0.39, 0.29) is 0 Å². The molecule has 0 amide bonds. The van der Waals surface area contributed by atoms with E-state index in [1.165, 1.54) is 11.1 Å². The number of hydrogen-bond donors (Lipinski definition) is 1. The van der Waals surface area contributed by atoms with E-state index in [9.17, 15) is 5.11 Å². The first-order valence-corrected chi connectivity index (χ1v) is 7.32. The van der Waals surface area contributed by atoms with Crippen LogP contribution in [0.3, 0.4) is 0 Å². The molecule has 108 valence electrons. The highest BCUT2D eigenvalue weighted by Gasteiger charge is 2.16. The maximum Gasteiger partial charge on any atom is 0.137 e. The van der Waals surface area contributed by atoms with Crippen molar-refractivity contribution in [3.8, 4) is 0 Å². The van der Waals surface area contributed by atoms with Crippen LogP contribution in [0.25, 0.3) is 5.65 Å². The molecule has 1 unspecified atom stereocenters. The number of fused-ring (bicyclic) bond motifs is 1. The number of aromatic nitrogens is 2. The molecular weight excluding hydrogens is 284 g/mol. The zero-order valence-electron chi connectivity index (χ0n) is 12.0. The monoisotopic (exact) mass is 300 g/mol. The van der Waals surface area contributed by atoms with Crippen LogP contribution in [-0.2, 0) is 6.42 Å². The van der Waals surface area contributed by atoms with Gasteiger partial charge in [0, 0.05) is 12.6 Å². The maximum atomic E-state index is 10.1. The molecule has 0 spiro atoms. The lowest BCUT2D eigenvalue weighted by molar-refractivity contribution is 0.192. The van der Waals surface area contributed by atoms with Gasteiger partial charge in [-0.25, -0.2) is 4.98 Å². The summed E-state index contributed by atoms with van der Waals surface area (Å²) < 4.78 is 1.87. The minimum Gasteiger partial charge on any atom is -0.387 e. The van der Waals surface area contributed by atoms with E-state index in [1.54, 1.807) is 13.1 Å². The largest absolute Gasteiger partial charge is 0.387 e. The smallest absolute Gasteiger partial charge is 0.137 e. The molecule has 2 aromatic heterocycles. The van der Waals surface area contributed by atoms with Crippen molar-refractivity contribution in [2.75, 3.05) is 0 Å². The number of aliphatic hydroxyl groups is 1. The summed E-state index contributed by atoms with van der Waals surface area (Å²) in [5.74, 6) is 0. The number of pyridine rings is 1. The van der Waals surface area contributed by atoms with E-state index in [2.05, 4.69) is 36.2 Å². The highest BCUT2D eigenvalue weighted by atomic mass is 35.5. The lowest BCUT2D eigenvalue weighted by Gasteiger charge is -2.08. The van der Waals surface area contributed by atoms with Gasteiger partial charge in [0.05, 0.1) is 22.5 Å². The van der Waals surface area contributed by atoms with Gasteiger partial charge in [-0.2, -0.15) is 0 Å². The Bertz CT molecular complexity index is 775. The Balaban J connectivity index is 2.08. The van der Waals surface area contributed by atoms with Crippen molar-refractivity contribution < 1.29 is 5.11 Å². The van der Waals surface area contributed by atoms with E-state index in [4.69, 9.17) is 11.6 Å². The van der Waals surface area contributed by atoms with Gasteiger partial charge in [-0.3, -0.25) is 4.40 Å². The molecule has 3 rings (SSSR count). The fourth-order valence-electron chi connectivity index (χ4n) is 2.56. The molecule has 0 aliphatic carbocycles. The molecule has 0 aliphatic heterocycles. The summed E-state index contributed by atoms with van der Waals surface area (Å²) in [4.78, 5) is 4.64.